The topological polar surface area (TPSA) is 83.4 Å². The van der Waals surface area contributed by atoms with Crippen molar-refractivity contribution < 1.29 is 30.8 Å². The second-order valence-electron chi connectivity index (χ2n) is 7.87. The Morgan fingerprint density at radius 3 is 2.32 bits per heavy atom. The number of hydrogen-bond donors (Lipinski definition) is 1. The molecule has 1 aliphatic rings. The molecule has 0 aliphatic carbocycles. The Kier molecular flexibility index (Phi) is 7.53. The van der Waals surface area contributed by atoms with Gasteiger partial charge < -0.3 is 0 Å². The summed E-state index contributed by atoms with van der Waals surface area (Å²) in [4.78, 5) is 4.42. The second-order valence-corrected chi connectivity index (χ2v) is 9.91. The normalized spacial score (nSPS) is 16.6. The van der Waals surface area contributed by atoms with Gasteiger partial charge in [-0.15, -0.1) is 4.40 Å². The maximum atomic E-state index is 14.7. The summed E-state index contributed by atoms with van der Waals surface area (Å²) < 4.78 is 82.9. The highest BCUT2D eigenvalue weighted by Gasteiger charge is 2.34. The molecule has 0 saturated carbocycles. The van der Waals surface area contributed by atoms with E-state index < -0.39 is 38.4 Å². The van der Waals surface area contributed by atoms with Gasteiger partial charge in [0.1, 0.15) is 5.82 Å². The van der Waals surface area contributed by atoms with Crippen LogP contribution in [0.15, 0.2) is 87.2 Å². The van der Waals surface area contributed by atoms with E-state index in [1.807, 2.05) is 0 Å². The molecule has 7 nitrogen and oxygen atoms in total. The van der Waals surface area contributed by atoms with Crippen LogP contribution in [-0.4, -0.2) is 38.8 Å². The number of rotatable bonds is 5. The van der Waals surface area contributed by atoms with Crippen LogP contribution in [0.5, 0.6) is 0 Å². The average Bonchev–Trinajstić information content (AvgIpc) is 3.29. The summed E-state index contributed by atoms with van der Waals surface area (Å²) in [7, 11) is -3.27. The molecular formula is C24H19ClF4N4O3S. The monoisotopic (exact) mass is 554 g/mol. The Morgan fingerprint density at radius 2 is 1.73 bits per heavy atom. The van der Waals surface area contributed by atoms with Gasteiger partial charge >= 0.3 is 6.18 Å². The molecule has 13 heteroatoms. The number of hydrazone groups is 1. The van der Waals surface area contributed by atoms with Crippen molar-refractivity contribution >= 4 is 33.3 Å². The van der Waals surface area contributed by atoms with Gasteiger partial charge in [-0.3, -0.25) is 4.84 Å². The van der Waals surface area contributed by atoms with Crippen LogP contribution >= 0.6 is 11.6 Å². The third-order valence-corrected chi connectivity index (χ3v) is 6.99. The Labute approximate surface area is 215 Å². The van der Waals surface area contributed by atoms with Crippen LogP contribution in [0.2, 0.25) is 5.02 Å². The van der Waals surface area contributed by atoms with Crippen molar-refractivity contribution in [2.45, 2.75) is 17.0 Å². The van der Waals surface area contributed by atoms with E-state index in [4.69, 9.17) is 16.4 Å². The van der Waals surface area contributed by atoms with E-state index in [0.29, 0.717) is 34.0 Å². The fourth-order valence-electron chi connectivity index (χ4n) is 3.71. The van der Waals surface area contributed by atoms with Crippen molar-refractivity contribution in [3.05, 3.63) is 100 Å². The lowest BCUT2D eigenvalue weighted by Gasteiger charge is -2.18. The number of alkyl halides is 3. The minimum Gasteiger partial charge on any atom is -0.277 e. The van der Waals surface area contributed by atoms with Crippen molar-refractivity contribution in [1.29, 1.82) is 0 Å². The molecule has 37 heavy (non-hydrogen) atoms. The number of hydrogen-bond acceptors (Lipinski definition) is 4. The molecule has 0 bridgehead atoms. The fraction of sp³-hybridized carbons (Fsp3) is 0.167. The summed E-state index contributed by atoms with van der Waals surface area (Å²) in [5.41, 5.74) is 2.69. The van der Waals surface area contributed by atoms with Crippen molar-refractivity contribution in [3.63, 3.8) is 0 Å². The number of halogens is 5. The molecular weight excluding hydrogens is 536 g/mol. The van der Waals surface area contributed by atoms with E-state index >= 15 is 0 Å². The first-order valence-corrected chi connectivity index (χ1v) is 12.5. The van der Waals surface area contributed by atoms with Crippen molar-refractivity contribution in [2.75, 3.05) is 13.7 Å². The molecule has 0 aromatic heterocycles. The van der Waals surface area contributed by atoms with E-state index in [-0.39, 0.29) is 12.5 Å². The lowest BCUT2D eigenvalue weighted by atomic mass is 9.90. The van der Waals surface area contributed by atoms with Crippen LogP contribution in [0.4, 0.5) is 17.6 Å². The predicted molar refractivity (Wildman–Crippen MR) is 130 cm³/mol. The van der Waals surface area contributed by atoms with Gasteiger partial charge in [-0.25, -0.2) is 14.9 Å². The van der Waals surface area contributed by atoms with Gasteiger partial charge in [0, 0.05) is 5.02 Å². The number of hydroxylamine groups is 1. The largest absolute Gasteiger partial charge is 0.416 e. The van der Waals surface area contributed by atoms with Crippen LogP contribution in [-0.2, 0) is 21.0 Å². The molecule has 1 atom stereocenters. The van der Waals surface area contributed by atoms with Crippen molar-refractivity contribution in [2.24, 2.45) is 9.50 Å². The predicted octanol–water partition coefficient (Wildman–Crippen LogP) is 5.20. The SMILES string of the molecule is CONC(=NS(=O)(=O)c1ccc(C(F)(F)F)cc1)N1CC(c2ccccc2F)C(c2ccc(Cl)cc2)=N1. The molecule has 0 fully saturated rings. The summed E-state index contributed by atoms with van der Waals surface area (Å²) in [6.45, 7) is -0.0172. The molecule has 194 valence electrons. The highest BCUT2D eigenvalue weighted by molar-refractivity contribution is 7.90. The van der Waals surface area contributed by atoms with Gasteiger partial charge in [0.05, 0.1) is 35.7 Å². The van der Waals surface area contributed by atoms with Gasteiger partial charge in [0.15, 0.2) is 0 Å². The smallest absolute Gasteiger partial charge is 0.277 e. The Bertz CT molecular complexity index is 1440. The van der Waals surface area contributed by atoms with E-state index in [2.05, 4.69) is 15.0 Å². The number of benzene rings is 3. The summed E-state index contributed by atoms with van der Waals surface area (Å²) in [6, 6.07) is 15.7. The summed E-state index contributed by atoms with van der Waals surface area (Å²) in [5, 5.41) is 6.15. The molecule has 0 saturated heterocycles. The van der Waals surface area contributed by atoms with Crippen LogP contribution in [0, 0.1) is 5.82 Å². The number of nitrogens with zero attached hydrogens (tertiary/aromatic N) is 3. The molecule has 0 spiro atoms. The number of sulfonamides is 1. The molecule has 0 amide bonds. The first-order valence-electron chi connectivity index (χ1n) is 10.7. The first-order chi connectivity index (χ1) is 17.5. The Balaban J connectivity index is 1.75. The highest BCUT2D eigenvalue weighted by Crippen LogP contribution is 2.32. The van der Waals surface area contributed by atoms with Crippen LogP contribution in [0.3, 0.4) is 0 Å². The van der Waals surface area contributed by atoms with E-state index in [9.17, 15) is 26.0 Å². The first kappa shape index (κ1) is 26.6. The van der Waals surface area contributed by atoms with Crippen LogP contribution in [0.1, 0.15) is 22.6 Å². The molecule has 3 aromatic rings. The third kappa shape index (κ3) is 5.92. The Hall–Kier alpha value is -3.48. The molecule has 1 unspecified atom stereocenters. The molecule has 3 aromatic carbocycles. The van der Waals surface area contributed by atoms with Gasteiger partial charge in [-0.05, 0) is 53.6 Å². The van der Waals surface area contributed by atoms with Gasteiger partial charge in [0.25, 0.3) is 16.0 Å². The Morgan fingerprint density at radius 1 is 1.08 bits per heavy atom. The number of guanidine groups is 1. The summed E-state index contributed by atoms with van der Waals surface area (Å²) in [5.74, 6) is -1.47. The average molecular weight is 555 g/mol. The second kappa shape index (κ2) is 10.5. The minimum atomic E-state index is -4.63. The molecule has 1 N–H and O–H groups in total. The zero-order valence-electron chi connectivity index (χ0n) is 19.1. The third-order valence-electron chi connectivity index (χ3n) is 5.46. The highest BCUT2D eigenvalue weighted by atomic mass is 35.5. The maximum Gasteiger partial charge on any atom is 0.416 e. The molecule has 1 aliphatic heterocycles. The zero-order chi connectivity index (χ0) is 26.8. The van der Waals surface area contributed by atoms with Crippen LogP contribution in [0.25, 0.3) is 0 Å². The van der Waals surface area contributed by atoms with E-state index in [0.717, 1.165) is 12.1 Å². The summed E-state index contributed by atoms with van der Waals surface area (Å²) >= 11 is 6.00. The van der Waals surface area contributed by atoms with E-state index in [1.54, 1.807) is 42.5 Å². The minimum absolute atomic E-state index is 0.0172. The quantitative estimate of drug-likeness (QED) is 0.203. The fourth-order valence-corrected chi connectivity index (χ4v) is 4.78. The molecule has 1 heterocycles. The van der Waals surface area contributed by atoms with Crippen molar-refractivity contribution in [3.8, 4) is 0 Å². The lowest BCUT2D eigenvalue weighted by molar-refractivity contribution is -0.137. The number of nitrogens with one attached hydrogen (secondary N) is 1. The van der Waals surface area contributed by atoms with Crippen LogP contribution < -0.4 is 5.48 Å². The molecule has 4 rings (SSSR count). The molecule has 0 radical (unpaired) electrons. The standard InChI is InChI=1S/C24H19ClF4N4O3S/c1-36-31-23(32-37(34,35)18-12-8-16(9-13-18)24(27,28)29)33-14-20(19-4-2-3-5-21(19)26)22(30-33)15-6-10-17(25)11-7-15/h2-13,20H,14H2,1H3,(H,31,32). The summed E-state index contributed by atoms with van der Waals surface area (Å²) in [6.07, 6.45) is -4.63. The zero-order valence-corrected chi connectivity index (χ0v) is 20.6. The van der Waals surface area contributed by atoms with Gasteiger partial charge in [-0.2, -0.15) is 26.7 Å². The van der Waals surface area contributed by atoms with Gasteiger partial charge in [-0.1, -0.05) is 41.9 Å². The van der Waals surface area contributed by atoms with Gasteiger partial charge in [0.2, 0.25) is 0 Å². The maximum absolute atomic E-state index is 14.7. The van der Waals surface area contributed by atoms with Crippen molar-refractivity contribution in [1.82, 2.24) is 10.5 Å². The van der Waals surface area contributed by atoms with E-state index in [1.165, 1.54) is 18.2 Å². The lowest BCUT2D eigenvalue weighted by Crippen LogP contribution is -2.38.